The predicted molar refractivity (Wildman–Crippen MR) is 155 cm³/mol. The highest BCUT2D eigenvalue weighted by molar-refractivity contribution is 6.74. The molecule has 5 heteroatoms. The van der Waals surface area contributed by atoms with E-state index >= 15 is 0 Å². The summed E-state index contributed by atoms with van der Waals surface area (Å²) in [4.78, 5) is 0. The van der Waals surface area contributed by atoms with E-state index in [0.717, 1.165) is 45.1 Å². The third-order valence-corrected chi connectivity index (χ3v) is 17.8. The minimum atomic E-state index is -1.83. The quantitative estimate of drug-likeness (QED) is 0.140. The van der Waals surface area contributed by atoms with Gasteiger partial charge in [-0.1, -0.05) is 67.2 Å². The Balaban J connectivity index is 2.62. The van der Waals surface area contributed by atoms with Crippen LogP contribution < -0.4 is 0 Å². The van der Waals surface area contributed by atoms with Crippen molar-refractivity contribution in [1.82, 2.24) is 0 Å². The third-order valence-electron chi connectivity index (χ3n) is 8.72. The lowest BCUT2D eigenvalue weighted by molar-refractivity contribution is 0.0305. The highest BCUT2D eigenvalue weighted by Crippen LogP contribution is 2.40. The summed E-state index contributed by atoms with van der Waals surface area (Å²) in [7, 11) is -3.50. The molecule has 0 aromatic rings. The second-order valence-corrected chi connectivity index (χ2v) is 23.5. The van der Waals surface area contributed by atoms with Crippen LogP contribution in [0.5, 0.6) is 0 Å². The first-order valence-electron chi connectivity index (χ1n) is 13.6. The van der Waals surface area contributed by atoms with Gasteiger partial charge in [-0.2, -0.15) is 0 Å². The molecule has 1 rings (SSSR count). The molecular weight excluding hydrogens is 452 g/mol. The maximum Gasteiger partial charge on any atom is 0.192 e. The molecule has 1 aliphatic rings. The van der Waals surface area contributed by atoms with Gasteiger partial charge in [0, 0.05) is 12.7 Å². The minimum Gasteiger partial charge on any atom is -0.417 e. The first-order chi connectivity index (χ1) is 15.3. The first-order valence-corrected chi connectivity index (χ1v) is 19.4. The lowest BCUT2D eigenvalue weighted by Gasteiger charge is -2.40. The smallest absolute Gasteiger partial charge is 0.192 e. The van der Waals surface area contributed by atoms with Crippen LogP contribution in [0.15, 0.2) is 24.3 Å². The van der Waals surface area contributed by atoms with Gasteiger partial charge in [0.2, 0.25) is 0 Å². The molecule has 0 spiro atoms. The van der Waals surface area contributed by atoms with Crippen molar-refractivity contribution in [3.63, 3.8) is 0 Å². The molecular formula is C29H58O3Si2. The van der Waals surface area contributed by atoms with E-state index in [-0.39, 0.29) is 28.4 Å². The molecule has 4 atom stereocenters. The van der Waals surface area contributed by atoms with Crippen LogP contribution in [0.2, 0.25) is 36.3 Å². The van der Waals surface area contributed by atoms with Crippen LogP contribution in [0.25, 0.3) is 0 Å². The van der Waals surface area contributed by atoms with Crippen LogP contribution in [-0.4, -0.2) is 41.6 Å². The second-order valence-electron chi connectivity index (χ2n) is 13.9. The van der Waals surface area contributed by atoms with Gasteiger partial charge in [-0.15, -0.1) is 0 Å². The van der Waals surface area contributed by atoms with E-state index in [1.54, 1.807) is 0 Å². The molecule has 0 amide bonds. The summed E-state index contributed by atoms with van der Waals surface area (Å²) in [5, 5.41) is 0.476. The van der Waals surface area contributed by atoms with Crippen molar-refractivity contribution < 1.29 is 13.6 Å². The Bertz CT molecular complexity index is 670. The SMILES string of the molecule is C=C(C)[C@H](C)C[C@@H](CC[C@@H]1O[C@@H](CCCO[Si](C)(C)C(C)(C)C)CC1=C)O[Si](C)(C)C(C)(C)C. The second kappa shape index (κ2) is 12.4. The summed E-state index contributed by atoms with van der Waals surface area (Å²) in [5.74, 6) is 0.469. The van der Waals surface area contributed by atoms with Gasteiger partial charge in [0.15, 0.2) is 16.6 Å². The Morgan fingerprint density at radius 2 is 1.59 bits per heavy atom. The highest BCUT2D eigenvalue weighted by Gasteiger charge is 2.40. The molecule has 1 saturated heterocycles. The standard InChI is InChI=1S/C29H58O3Si2/c1-22(2)23(3)20-26(32-34(13,14)29(8,9)10)17-18-27-24(4)21-25(31-27)16-15-19-30-33(11,12)28(5,6)7/h23,25-27H,1,4,15-21H2,2-3,5-14H3/t23-,25+,26-,27+/m1/s1. The van der Waals surface area contributed by atoms with Crippen LogP contribution in [0.3, 0.4) is 0 Å². The molecule has 0 N–H and O–H groups in total. The zero-order valence-corrected chi connectivity index (χ0v) is 26.9. The van der Waals surface area contributed by atoms with Crippen molar-refractivity contribution in [2.75, 3.05) is 6.61 Å². The Morgan fingerprint density at radius 1 is 1.03 bits per heavy atom. The summed E-state index contributed by atoms with van der Waals surface area (Å²) in [5.41, 5.74) is 2.50. The van der Waals surface area contributed by atoms with Crippen molar-refractivity contribution in [1.29, 1.82) is 0 Å². The third kappa shape index (κ3) is 9.68. The molecule has 0 unspecified atom stereocenters. The fourth-order valence-corrected chi connectivity index (χ4v) is 6.34. The summed E-state index contributed by atoms with van der Waals surface area (Å²) in [6, 6.07) is 0. The van der Waals surface area contributed by atoms with Gasteiger partial charge in [0.05, 0.1) is 12.2 Å². The zero-order valence-electron chi connectivity index (χ0n) is 24.9. The van der Waals surface area contributed by atoms with E-state index < -0.39 is 16.6 Å². The molecule has 0 aliphatic carbocycles. The van der Waals surface area contributed by atoms with E-state index in [9.17, 15) is 0 Å². The topological polar surface area (TPSA) is 27.7 Å². The van der Waals surface area contributed by atoms with Crippen LogP contribution in [-0.2, 0) is 13.6 Å². The van der Waals surface area contributed by atoms with Gasteiger partial charge in [0.1, 0.15) is 0 Å². The maximum absolute atomic E-state index is 6.88. The molecule has 0 radical (unpaired) electrons. The summed E-state index contributed by atoms with van der Waals surface area (Å²) < 4.78 is 19.7. The molecule has 34 heavy (non-hydrogen) atoms. The van der Waals surface area contributed by atoms with E-state index in [1.807, 2.05) is 0 Å². The van der Waals surface area contributed by atoms with E-state index in [4.69, 9.17) is 13.6 Å². The molecule has 200 valence electrons. The minimum absolute atomic E-state index is 0.164. The van der Waals surface area contributed by atoms with E-state index in [1.165, 1.54) is 11.1 Å². The molecule has 0 saturated carbocycles. The van der Waals surface area contributed by atoms with Gasteiger partial charge in [-0.25, -0.2) is 0 Å². The first kappa shape index (κ1) is 31.8. The number of rotatable bonds is 13. The monoisotopic (exact) mass is 510 g/mol. The number of hydrogen-bond acceptors (Lipinski definition) is 3. The largest absolute Gasteiger partial charge is 0.417 e. The Morgan fingerprint density at radius 3 is 2.09 bits per heavy atom. The summed E-state index contributed by atoms with van der Waals surface area (Å²) >= 11 is 0. The van der Waals surface area contributed by atoms with Gasteiger partial charge in [-0.05, 0) is 93.2 Å². The van der Waals surface area contributed by atoms with Crippen LogP contribution in [0, 0.1) is 5.92 Å². The Labute approximate surface area is 215 Å². The fraction of sp³-hybridized carbons (Fsp3) is 0.862. The van der Waals surface area contributed by atoms with Gasteiger partial charge < -0.3 is 13.6 Å². The number of hydrogen-bond donors (Lipinski definition) is 0. The van der Waals surface area contributed by atoms with E-state index in [0.29, 0.717) is 5.92 Å². The van der Waals surface area contributed by atoms with Gasteiger partial charge in [-0.3, -0.25) is 0 Å². The average Bonchev–Trinajstić information content (AvgIpc) is 3.00. The Kier molecular flexibility index (Phi) is 11.6. The molecule has 0 aromatic heterocycles. The van der Waals surface area contributed by atoms with Crippen LogP contribution in [0.4, 0.5) is 0 Å². The molecule has 3 nitrogen and oxygen atoms in total. The molecule has 0 bridgehead atoms. The van der Waals surface area contributed by atoms with Crippen molar-refractivity contribution in [3.8, 4) is 0 Å². The average molecular weight is 511 g/mol. The van der Waals surface area contributed by atoms with Crippen molar-refractivity contribution in [3.05, 3.63) is 24.3 Å². The molecule has 0 aromatic carbocycles. The van der Waals surface area contributed by atoms with Crippen molar-refractivity contribution >= 4 is 16.6 Å². The van der Waals surface area contributed by atoms with Gasteiger partial charge >= 0.3 is 0 Å². The summed E-state index contributed by atoms with van der Waals surface area (Å²) in [6.07, 6.45) is 6.86. The highest BCUT2D eigenvalue weighted by atomic mass is 28.4. The number of ether oxygens (including phenoxy) is 1. The van der Waals surface area contributed by atoms with Gasteiger partial charge in [0.25, 0.3) is 0 Å². The van der Waals surface area contributed by atoms with Crippen LogP contribution in [0.1, 0.15) is 93.9 Å². The normalized spacial score (nSPS) is 22.2. The summed E-state index contributed by atoms with van der Waals surface area (Å²) in [6.45, 7) is 37.0. The van der Waals surface area contributed by atoms with Crippen molar-refractivity contribution in [2.45, 2.75) is 148 Å². The Hall–Kier alpha value is -0.206. The molecule has 1 heterocycles. The lowest BCUT2D eigenvalue weighted by atomic mass is 9.93. The molecule has 1 fully saturated rings. The lowest BCUT2D eigenvalue weighted by Crippen LogP contribution is -2.44. The maximum atomic E-state index is 6.88. The van der Waals surface area contributed by atoms with E-state index in [2.05, 4.69) is 94.7 Å². The fourth-order valence-electron chi connectivity index (χ4n) is 3.85. The van der Waals surface area contributed by atoms with Crippen molar-refractivity contribution in [2.24, 2.45) is 5.92 Å². The zero-order chi connectivity index (χ0) is 26.5. The molecule has 1 aliphatic heterocycles. The van der Waals surface area contributed by atoms with Crippen LogP contribution >= 0.6 is 0 Å². The predicted octanol–water partition coefficient (Wildman–Crippen LogP) is 9.28. The number of allylic oxidation sites excluding steroid dienone is 1.